The van der Waals surface area contributed by atoms with Crippen molar-refractivity contribution in [3.8, 4) is 0 Å². The lowest BCUT2D eigenvalue weighted by molar-refractivity contribution is -0.136. The molecule has 1 fully saturated rings. The Balaban J connectivity index is 1.66. The Hall–Kier alpha value is -1.00. The molecule has 0 spiro atoms. The van der Waals surface area contributed by atoms with Gasteiger partial charge in [0, 0.05) is 37.7 Å². The predicted molar refractivity (Wildman–Crippen MR) is 83.9 cm³/mol. The number of hydrogen-bond donors (Lipinski definition) is 0. The number of rotatable bonds is 2. The Kier molecular flexibility index (Phi) is 4.32. The van der Waals surface area contributed by atoms with Crippen molar-refractivity contribution in [1.29, 1.82) is 0 Å². The second kappa shape index (κ2) is 6.19. The maximum absolute atomic E-state index is 12.6. The van der Waals surface area contributed by atoms with Gasteiger partial charge in [0.25, 0.3) is 0 Å². The summed E-state index contributed by atoms with van der Waals surface area (Å²) in [6.45, 7) is 5.80. The van der Waals surface area contributed by atoms with Crippen LogP contribution in [0.4, 0.5) is 0 Å². The van der Waals surface area contributed by atoms with Crippen LogP contribution in [0.25, 0.3) is 0 Å². The molecule has 2 aliphatic heterocycles. The van der Waals surface area contributed by atoms with Gasteiger partial charge in [0.1, 0.15) is 0 Å². The molecule has 0 unspecified atom stereocenters. The van der Waals surface area contributed by atoms with Gasteiger partial charge in [-0.2, -0.15) is 11.8 Å². The number of nitrogens with zero attached hydrogens (tertiary/aromatic N) is 2. The van der Waals surface area contributed by atoms with Gasteiger partial charge in [0.15, 0.2) is 0 Å². The first-order valence-electron chi connectivity index (χ1n) is 7.43. The fraction of sp³-hybridized carbons (Fsp3) is 0.562. The van der Waals surface area contributed by atoms with Gasteiger partial charge < -0.3 is 4.90 Å². The fourth-order valence-corrected chi connectivity index (χ4v) is 3.96. The van der Waals surface area contributed by atoms with Gasteiger partial charge >= 0.3 is 0 Å². The van der Waals surface area contributed by atoms with E-state index in [0.717, 1.165) is 44.1 Å². The van der Waals surface area contributed by atoms with Crippen molar-refractivity contribution in [2.45, 2.75) is 25.9 Å². The van der Waals surface area contributed by atoms with Crippen molar-refractivity contribution in [3.63, 3.8) is 0 Å². The molecule has 0 saturated carbocycles. The van der Waals surface area contributed by atoms with Crippen molar-refractivity contribution in [2.75, 3.05) is 31.1 Å². The van der Waals surface area contributed by atoms with E-state index in [-0.39, 0.29) is 6.04 Å². The Morgan fingerprint density at radius 1 is 1.15 bits per heavy atom. The number of benzene rings is 1. The average molecular weight is 290 g/mol. The number of hydrogen-bond acceptors (Lipinski definition) is 3. The minimum atomic E-state index is 0.00598. The monoisotopic (exact) mass is 290 g/mol. The van der Waals surface area contributed by atoms with Gasteiger partial charge in [-0.25, -0.2) is 0 Å². The summed E-state index contributed by atoms with van der Waals surface area (Å²) in [5.74, 6) is 2.48. The second-order valence-electron chi connectivity index (χ2n) is 5.60. The van der Waals surface area contributed by atoms with Crippen LogP contribution in [0.5, 0.6) is 0 Å². The van der Waals surface area contributed by atoms with Crippen LogP contribution in [0.2, 0.25) is 0 Å². The van der Waals surface area contributed by atoms with Crippen LogP contribution in [-0.2, 0) is 17.8 Å². The molecule has 4 heteroatoms. The number of thioether (sulfide) groups is 1. The van der Waals surface area contributed by atoms with E-state index >= 15 is 0 Å². The second-order valence-corrected chi connectivity index (χ2v) is 6.83. The smallest absolute Gasteiger partial charge is 0.239 e. The molecule has 1 saturated heterocycles. The Labute approximate surface area is 125 Å². The van der Waals surface area contributed by atoms with Crippen LogP contribution >= 0.6 is 11.8 Å². The molecule has 0 radical (unpaired) electrons. The van der Waals surface area contributed by atoms with Crippen LogP contribution in [0.1, 0.15) is 18.1 Å². The van der Waals surface area contributed by atoms with Crippen LogP contribution < -0.4 is 0 Å². The zero-order chi connectivity index (χ0) is 13.9. The van der Waals surface area contributed by atoms with Crippen LogP contribution in [0.3, 0.4) is 0 Å². The Morgan fingerprint density at radius 2 is 1.85 bits per heavy atom. The third kappa shape index (κ3) is 2.86. The van der Waals surface area contributed by atoms with E-state index in [9.17, 15) is 4.79 Å². The largest absolute Gasteiger partial charge is 0.340 e. The highest BCUT2D eigenvalue weighted by Gasteiger charge is 2.29. The fourth-order valence-electron chi connectivity index (χ4n) is 3.05. The summed E-state index contributed by atoms with van der Waals surface area (Å²) in [4.78, 5) is 17.0. The molecule has 0 N–H and O–H groups in total. The summed E-state index contributed by atoms with van der Waals surface area (Å²) in [5.41, 5.74) is 2.82. The lowest BCUT2D eigenvalue weighted by atomic mass is 9.98. The van der Waals surface area contributed by atoms with E-state index in [4.69, 9.17) is 0 Å². The first kappa shape index (κ1) is 14.0. The van der Waals surface area contributed by atoms with Gasteiger partial charge in [-0.15, -0.1) is 0 Å². The molecular formula is C16H22N2OS. The van der Waals surface area contributed by atoms with Crippen molar-refractivity contribution in [2.24, 2.45) is 0 Å². The summed E-state index contributed by atoms with van der Waals surface area (Å²) in [5, 5.41) is 0. The molecule has 1 atom stereocenters. The average Bonchev–Trinajstić information content (AvgIpc) is 2.54. The van der Waals surface area contributed by atoms with Crippen LogP contribution in [0.15, 0.2) is 24.3 Å². The molecule has 0 bridgehead atoms. The maximum atomic E-state index is 12.6. The third-order valence-electron chi connectivity index (χ3n) is 4.39. The lowest BCUT2D eigenvalue weighted by Gasteiger charge is -2.36. The summed E-state index contributed by atoms with van der Waals surface area (Å²) < 4.78 is 0. The highest BCUT2D eigenvalue weighted by atomic mass is 32.2. The lowest BCUT2D eigenvalue weighted by Crippen LogP contribution is -2.50. The zero-order valence-electron chi connectivity index (χ0n) is 12.0. The van der Waals surface area contributed by atoms with Gasteiger partial charge in [-0.05, 0) is 24.5 Å². The highest BCUT2D eigenvalue weighted by Crippen LogP contribution is 2.21. The predicted octanol–water partition coefficient (Wildman–Crippen LogP) is 2.01. The normalized spacial score (nSPS) is 21.4. The molecule has 2 aliphatic rings. The quantitative estimate of drug-likeness (QED) is 0.832. The van der Waals surface area contributed by atoms with Crippen LogP contribution in [0, 0.1) is 0 Å². The minimum Gasteiger partial charge on any atom is -0.340 e. The number of fused-ring (bicyclic) bond motifs is 1. The third-order valence-corrected chi connectivity index (χ3v) is 5.33. The first-order valence-corrected chi connectivity index (χ1v) is 8.58. The van der Waals surface area contributed by atoms with Crippen molar-refractivity contribution in [3.05, 3.63) is 35.4 Å². The van der Waals surface area contributed by atoms with E-state index in [1.165, 1.54) is 11.1 Å². The molecule has 20 heavy (non-hydrogen) atoms. The van der Waals surface area contributed by atoms with Gasteiger partial charge in [-0.1, -0.05) is 24.3 Å². The van der Waals surface area contributed by atoms with E-state index < -0.39 is 0 Å². The van der Waals surface area contributed by atoms with Gasteiger partial charge in [0.2, 0.25) is 5.91 Å². The summed E-state index contributed by atoms with van der Waals surface area (Å²) in [6, 6.07) is 8.61. The molecule has 2 heterocycles. The van der Waals surface area contributed by atoms with Crippen LogP contribution in [-0.4, -0.2) is 52.9 Å². The van der Waals surface area contributed by atoms with Crippen molar-refractivity contribution >= 4 is 17.7 Å². The standard InChI is InChI=1S/C16H22N2OS/c1-13(16(19)17-8-10-20-11-9-17)18-7-6-14-4-2-3-5-15(14)12-18/h2-5,13H,6-12H2,1H3/t13-/m0/s1. The topological polar surface area (TPSA) is 23.6 Å². The number of amides is 1. The summed E-state index contributed by atoms with van der Waals surface area (Å²) >= 11 is 1.95. The van der Waals surface area contributed by atoms with E-state index in [2.05, 4.69) is 36.1 Å². The van der Waals surface area contributed by atoms with E-state index in [0.29, 0.717) is 5.91 Å². The molecule has 108 valence electrons. The van der Waals surface area contributed by atoms with E-state index in [1.807, 2.05) is 16.7 Å². The zero-order valence-corrected chi connectivity index (χ0v) is 12.9. The summed E-state index contributed by atoms with van der Waals surface area (Å²) in [6.07, 6.45) is 1.06. The summed E-state index contributed by atoms with van der Waals surface area (Å²) in [7, 11) is 0. The minimum absolute atomic E-state index is 0.00598. The molecule has 1 aromatic rings. The highest BCUT2D eigenvalue weighted by molar-refractivity contribution is 7.99. The van der Waals surface area contributed by atoms with Crippen molar-refractivity contribution < 1.29 is 4.79 Å². The molecule has 3 nitrogen and oxygen atoms in total. The molecule has 3 rings (SSSR count). The first-order chi connectivity index (χ1) is 9.75. The maximum Gasteiger partial charge on any atom is 0.239 e. The molecule has 0 aliphatic carbocycles. The Bertz CT molecular complexity index is 485. The number of carbonyl (C=O) groups excluding carboxylic acids is 1. The number of carbonyl (C=O) groups is 1. The van der Waals surface area contributed by atoms with Crippen molar-refractivity contribution in [1.82, 2.24) is 9.80 Å². The molecular weight excluding hydrogens is 268 g/mol. The van der Waals surface area contributed by atoms with Gasteiger partial charge in [0.05, 0.1) is 6.04 Å². The SMILES string of the molecule is C[C@@H](C(=O)N1CCSCC1)N1CCc2ccccc2C1. The van der Waals surface area contributed by atoms with Gasteiger partial charge in [-0.3, -0.25) is 9.69 Å². The molecule has 0 aromatic heterocycles. The molecule has 1 aromatic carbocycles. The van der Waals surface area contributed by atoms with E-state index in [1.54, 1.807) is 0 Å². The molecule has 1 amide bonds. The Morgan fingerprint density at radius 3 is 2.60 bits per heavy atom.